The van der Waals surface area contributed by atoms with E-state index >= 15 is 0 Å². The number of para-hydroxylation sites is 3. The monoisotopic (exact) mass is 933 g/mol. The summed E-state index contributed by atoms with van der Waals surface area (Å²) in [4.78, 5) is 0. The molecule has 4 nitrogen and oxygen atoms in total. The molecule has 73 heavy (non-hydrogen) atoms. The number of nitrogens with zero attached hydrogens (tertiary/aromatic N) is 3. The molecule has 0 spiro atoms. The summed E-state index contributed by atoms with van der Waals surface area (Å²) in [6.07, 6.45) is 9.02. The van der Waals surface area contributed by atoms with E-state index in [1.54, 1.807) is 0 Å². The lowest BCUT2D eigenvalue weighted by Gasteiger charge is -2.12. The van der Waals surface area contributed by atoms with E-state index in [0.29, 0.717) is 0 Å². The van der Waals surface area contributed by atoms with Crippen molar-refractivity contribution in [2.75, 3.05) is 0 Å². The quantitative estimate of drug-likeness (QED) is 0.149. The number of fused-ring (bicyclic) bond motifs is 9. The predicted molar refractivity (Wildman–Crippen MR) is 308 cm³/mol. The summed E-state index contributed by atoms with van der Waals surface area (Å²) in [7, 11) is 0. The standard InChI is InChI=1S/C69H47N3O/c1-2-62-57(31-18-40-70-63-32-14-12-29-56(63)59-43-53(34-37-64(59)70)51-26-17-25-50(42-51)49-24-16-23-48(41-49)46-19-6-3-7-20-46)68-58-30-13-15-33-65(58)71(54-27-10-5-11-28-54)69(68)72(62)55-36-39-67-61(45-55)60-44-52(35-38-66(60)73-67)47-21-8-4-9-22-47/h2-45H,1H3/b40-18+,57-31+,62-2+. The highest BCUT2D eigenvalue weighted by atomic mass is 16.3. The van der Waals surface area contributed by atoms with Crippen LogP contribution in [0.15, 0.2) is 253 Å². The highest BCUT2D eigenvalue weighted by Crippen LogP contribution is 2.38. The molecule has 14 aromatic rings. The Morgan fingerprint density at radius 2 is 0.863 bits per heavy atom. The van der Waals surface area contributed by atoms with Crippen LogP contribution >= 0.6 is 0 Å². The van der Waals surface area contributed by atoms with Gasteiger partial charge in [0.1, 0.15) is 16.8 Å². The van der Waals surface area contributed by atoms with Crippen LogP contribution in [0.3, 0.4) is 0 Å². The van der Waals surface area contributed by atoms with Crippen molar-refractivity contribution < 1.29 is 4.42 Å². The average molecular weight is 934 g/mol. The van der Waals surface area contributed by atoms with Crippen molar-refractivity contribution >= 4 is 84.0 Å². The molecule has 4 heterocycles. The number of hydrogen-bond donors (Lipinski definition) is 0. The van der Waals surface area contributed by atoms with E-state index in [1.165, 1.54) is 60.5 Å². The summed E-state index contributed by atoms with van der Waals surface area (Å²) >= 11 is 0. The van der Waals surface area contributed by atoms with Gasteiger partial charge in [-0.15, -0.1) is 0 Å². The van der Waals surface area contributed by atoms with Crippen LogP contribution in [0.25, 0.3) is 140 Å². The molecule has 0 saturated heterocycles. The van der Waals surface area contributed by atoms with E-state index in [-0.39, 0.29) is 0 Å². The highest BCUT2D eigenvalue weighted by Gasteiger charge is 2.21. The van der Waals surface area contributed by atoms with Crippen molar-refractivity contribution in [2.45, 2.75) is 6.92 Å². The van der Waals surface area contributed by atoms with Gasteiger partial charge in [0.15, 0.2) is 0 Å². The molecule has 0 bridgehead atoms. The van der Waals surface area contributed by atoms with Crippen molar-refractivity contribution in [3.63, 3.8) is 0 Å². The van der Waals surface area contributed by atoms with Gasteiger partial charge in [0.2, 0.25) is 0 Å². The summed E-state index contributed by atoms with van der Waals surface area (Å²) in [5.74, 6) is 0. The maximum Gasteiger partial charge on any atom is 0.135 e. The van der Waals surface area contributed by atoms with Crippen LogP contribution in [0.1, 0.15) is 6.92 Å². The molecule has 0 aliphatic rings. The van der Waals surface area contributed by atoms with Crippen LogP contribution < -0.4 is 10.6 Å². The van der Waals surface area contributed by atoms with Gasteiger partial charge in [0.25, 0.3) is 0 Å². The summed E-state index contributed by atoms with van der Waals surface area (Å²) < 4.78 is 13.7. The van der Waals surface area contributed by atoms with Gasteiger partial charge < -0.3 is 8.98 Å². The van der Waals surface area contributed by atoms with E-state index in [1.807, 2.05) is 0 Å². The fraction of sp³-hybridized carbons (Fsp3) is 0.0145. The summed E-state index contributed by atoms with van der Waals surface area (Å²) in [6.45, 7) is 2.15. The zero-order valence-corrected chi connectivity index (χ0v) is 40.2. The van der Waals surface area contributed by atoms with Gasteiger partial charge in [-0.1, -0.05) is 176 Å². The summed E-state index contributed by atoms with van der Waals surface area (Å²) in [6, 6.07) is 87.3. The molecule has 0 radical (unpaired) electrons. The summed E-state index contributed by atoms with van der Waals surface area (Å²) in [5, 5.41) is 9.27. The van der Waals surface area contributed by atoms with E-state index in [9.17, 15) is 0 Å². The SMILES string of the molecule is C\C=c1/c(=C\C=C\n2c3ccccc3c3cc(-c4cccc(-c5cccc(-c6ccccc6)c5)c4)ccc32)c2c3ccccc3n(-c3ccccc3)c2n1-c1ccc2oc3ccc(-c4ccccc4)cc3c2c1. The Morgan fingerprint density at radius 1 is 0.356 bits per heavy atom. The Morgan fingerprint density at radius 3 is 1.55 bits per heavy atom. The molecular formula is C69H47N3O. The Bertz CT molecular complexity index is 4600. The van der Waals surface area contributed by atoms with Crippen molar-refractivity contribution in [1.82, 2.24) is 13.7 Å². The molecule has 0 fully saturated rings. The van der Waals surface area contributed by atoms with Crippen LogP contribution in [0.2, 0.25) is 0 Å². The van der Waals surface area contributed by atoms with E-state index in [2.05, 4.69) is 288 Å². The van der Waals surface area contributed by atoms with Crippen molar-refractivity contribution in [3.8, 4) is 55.9 Å². The number of aromatic nitrogens is 3. The maximum absolute atomic E-state index is 6.50. The minimum atomic E-state index is 0.865. The Balaban J connectivity index is 0.926. The average Bonchev–Trinajstić information content (AvgIpc) is 4.19. The van der Waals surface area contributed by atoms with Crippen LogP contribution in [-0.4, -0.2) is 13.7 Å². The first-order valence-electron chi connectivity index (χ1n) is 25.0. The lowest BCUT2D eigenvalue weighted by Crippen LogP contribution is -2.28. The minimum Gasteiger partial charge on any atom is -0.456 e. The Kier molecular flexibility index (Phi) is 10.0. The van der Waals surface area contributed by atoms with Crippen LogP contribution in [0.5, 0.6) is 0 Å². The topological polar surface area (TPSA) is 27.9 Å². The molecule has 10 aromatic carbocycles. The van der Waals surface area contributed by atoms with Crippen molar-refractivity contribution in [2.24, 2.45) is 0 Å². The van der Waals surface area contributed by atoms with Crippen molar-refractivity contribution in [1.29, 1.82) is 0 Å². The normalized spacial score (nSPS) is 12.6. The fourth-order valence-corrected chi connectivity index (χ4v) is 11.3. The van der Waals surface area contributed by atoms with Gasteiger partial charge in [0, 0.05) is 55.1 Å². The van der Waals surface area contributed by atoms with Gasteiger partial charge in [-0.05, 0) is 136 Å². The van der Waals surface area contributed by atoms with Crippen LogP contribution in [0.4, 0.5) is 0 Å². The maximum atomic E-state index is 6.50. The molecule has 14 rings (SSSR count). The molecule has 4 heteroatoms. The smallest absolute Gasteiger partial charge is 0.135 e. The zero-order chi connectivity index (χ0) is 48.4. The van der Waals surface area contributed by atoms with Crippen molar-refractivity contribution in [3.05, 3.63) is 259 Å². The molecule has 0 aliphatic heterocycles. The van der Waals surface area contributed by atoms with Gasteiger partial charge in [-0.2, -0.15) is 0 Å². The molecule has 0 amide bonds. The van der Waals surface area contributed by atoms with E-state index in [4.69, 9.17) is 4.42 Å². The molecule has 0 aliphatic carbocycles. The van der Waals surface area contributed by atoms with Gasteiger partial charge in [-0.3, -0.25) is 9.13 Å². The molecule has 0 saturated carbocycles. The molecule has 0 N–H and O–H groups in total. The largest absolute Gasteiger partial charge is 0.456 e. The third-order valence-electron chi connectivity index (χ3n) is 14.7. The number of allylic oxidation sites excluding steroid dienone is 1. The zero-order valence-electron chi connectivity index (χ0n) is 40.2. The van der Waals surface area contributed by atoms with E-state index in [0.717, 1.165) is 71.6 Å². The first kappa shape index (κ1) is 42.3. The van der Waals surface area contributed by atoms with Gasteiger partial charge in [0.05, 0.1) is 21.9 Å². The third-order valence-corrected chi connectivity index (χ3v) is 14.7. The highest BCUT2D eigenvalue weighted by molar-refractivity contribution is 6.12. The first-order valence-corrected chi connectivity index (χ1v) is 25.0. The lowest BCUT2D eigenvalue weighted by atomic mass is 9.96. The Labute approximate surface area is 422 Å². The number of rotatable bonds is 8. The Hall–Kier alpha value is -9.64. The third kappa shape index (κ3) is 7.06. The second kappa shape index (κ2) is 17.3. The molecule has 0 unspecified atom stereocenters. The first-order chi connectivity index (χ1) is 36.2. The minimum absolute atomic E-state index is 0.865. The molecule has 0 atom stereocenters. The summed E-state index contributed by atoms with van der Waals surface area (Å²) in [5.41, 5.74) is 18.0. The molecular weight excluding hydrogens is 887 g/mol. The van der Waals surface area contributed by atoms with Gasteiger partial charge >= 0.3 is 0 Å². The number of hydrogen-bond acceptors (Lipinski definition) is 1. The predicted octanol–water partition coefficient (Wildman–Crippen LogP) is 17.0. The molecule has 4 aromatic heterocycles. The van der Waals surface area contributed by atoms with Crippen LogP contribution in [0, 0.1) is 0 Å². The molecule has 344 valence electrons. The van der Waals surface area contributed by atoms with E-state index < -0.39 is 0 Å². The second-order valence-electron chi connectivity index (χ2n) is 18.8. The number of benzene rings is 10. The lowest BCUT2D eigenvalue weighted by molar-refractivity contribution is 0.669. The van der Waals surface area contributed by atoms with Crippen LogP contribution in [-0.2, 0) is 0 Å². The number of furan rings is 1. The van der Waals surface area contributed by atoms with Gasteiger partial charge in [-0.25, -0.2) is 0 Å². The fourth-order valence-electron chi connectivity index (χ4n) is 11.3. The second-order valence-corrected chi connectivity index (χ2v) is 18.8.